The van der Waals surface area contributed by atoms with Crippen LogP contribution in [-0.2, 0) is 14.8 Å². The van der Waals surface area contributed by atoms with Gasteiger partial charge in [0.1, 0.15) is 11.2 Å². The third-order valence-electron chi connectivity index (χ3n) is 5.77. The van der Waals surface area contributed by atoms with E-state index in [4.69, 9.17) is 0 Å². The van der Waals surface area contributed by atoms with Crippen molar-refractivity contribution in [2.24, 2.45) is 0 Å². The average molecular weight is 438 g/mol. The van der Waals surface area contributed by atoms with Gasteiger partial charge in [0, 0.05) is 6.54 Å². The third-order valence-corrected chi connectivity index (χ3v) is 7.45. The average Bonchev–Trinajstić information content (AvgIpc) is 2.75. The summed E-state index contributed by atoms with van der Waals surface area (Å²) in [6.07, 6.45) is 27.1. The Kier molecular flexibility index (Phi) is 15.7. The van der Waals surface area contributed by atoms with E-state index in [9.17, 15) is 13.2 Å². The fourth-order valence-corrected chi connectivity index (χ4v) is 5.23. The second kappa shape index (κ2) is 17.5. The van der Waals surface area contributed by atoms with E-state index in [1.54, 1.807) is 18.1 Å². The second-order valence-electron chi connectivity index (χ2n) is 8.46. The van der Waals surface area contributed by atoms with E-state index in [-0.39, 0.29) is 5.57 Å². The van der Waals surface area contributed by atoms with Crippen LogP contribution < -0.4 is 4.72 Å². The topological polar surface area (TPSA) is 63.2 Å². The number of allylic oxidation sites excluding steroid dienone is 3. The molecule has 0 spiro atoms. The van der Waals surface area contributed by atoms with E-state index in [2.05, 4.69) is 11.6 Å². The van der Waals surface area contributed by atoms with Crippen molar-refractivity contribution in [1.29, 1.82) is 0 Å². The first-order valence-electron chi connectivity index (χ1n) is 12.2. The van der Waals surface area contributed by atoms with Crippen molar-refractivity contribution in [2.75, 3.05) is 6.54 Å². The minimum Gasteiger partial charge on any atom is -0.233 e. The molecule has 1 unspecified atom stereocenters. The fourth-order valence-electron chi connectivity index (χ4n) is 3.86. The highest BCUT2D eigenvalue weighted by atomic mass is 32.2. The lowest BCUT2D eigenvalue weighted by atomic mass is 10.0. The number of rotatable bonds is 19. The molecule has 0 saturated heterocycles. The van der Waals surface area contributed by atoms with Gasteiger partial charge < -0.3 is 0 Å². The summed E-state index contributed by atoms with van der Waals surface area (Å²) in [5.41, 5.74) is 0.164. The van der Waals surface area contributed by atoms with Gasteiger partial charge in [-0.3, -0.25) is 0 Å². The number of sulfonamides is 1. The maximum absolute atomic E-state index is 12.3. The van der Waals surface area contributed by atoms with Crippen LogP contribution in [0.1, 0.15) is 110 Å². The van der Waals surface area contributed by atoms with E-state index in [1.165, 1.54) is 95.6 Å². The van der Waals surface area contributed by atoms with Gasteiger partial charge in [0.15, 0.2) is 0 Å². The number of unbranched alkanes of at least 4 members (excludes halogenated alkanes) is 15. The molecule has 1 rings (SSSR count). The Bertz CT molecular complexity index is 645. The Morgan fingerprint density at radius 1 is 0.767 bits per heavy atom. The highest BCUT2D eigenvalue weighted by Gasteiger charge is 2.27. The van der Waals surface area contributed by atoms with Crippen LogP contribution in [0.15, 0.2) is 29.9 Å². The van der Waals surface area contributed by atoms with Crippen LogP contribution >= 0.6 is 0 Å². The van der Waals surface area contributed by atoms with Gasteiger partial charge in [0.05, 0.1) is 5.57 Å². The molecule has 1 atom stereocenters. The zero-order valence-corrected chi connectivity index (χ0v) is 19.9. The SMILES string of the molecule is CCCCCCCCCCCCCCCCCCNS(=O)(=O)C1C=CC=CC1=C=O. The molecule has 5 heteroatoms. The Morgan fingerprint density at radius 2 is 1.23 bits per heavy atom. The second-order valence-corrected chi connectivity index (χ2v) is 10.4. The summed E-state index contributed by atoms with van der Waals surface area (Å²) in [7, 11) is -3.55. The first-order chi connectivity index (χ1) is 14.6. The van der Waals surface area contributed by atoms with Gasteiger partial charge in [-0.25, -0.2) is 17.9 Å². The smallest absolute Gasteiger partial charge is 0.223 e. The van der Waals surface area contributed by atoms with Crippen molar-refractivity contribution in [2.45, 2.75) is 115 Å². The zero-order chi connectivity index (χ0) is 21.9. The predicted molar refractivity (Wildman–Crippen MR) is 128 cm³/mol. The van der Waals surface area contributed by atoms with Gasteiger partial charge in [0.2, 0.25) is 10.0 Å². The molecule has 0 radical (unpaired) electrons. The summed E-state index contributed by atoms with van der Waals surface area (Å²) >= 11 is 0. The first-order valence-corrected chi connectivity index (χ1v) is 13.7. The molecule has 1 aliphatic carbocycles. The van der Waals surface area contributed by atoms with Crippen molar-refractivity contribution in [3.63, 3.8) is 0 Å². The predicted octanol–water partition coefficient (Wildman–Crippen LogP) is 6.42. The van der Waals surface area contributed by atoms with Crippen molar-refractivity contribution in [3.05, 3.63) is 29.9 Å². The molecule has 0 saturated carbocycles. The molecule has 0 fully saturated rings. The normalized spacial score (nSPS) is 16.2. The van der Waals surface area contributed by atoms with Crippen LogP contribution in [0.2, 0.25) is 0 Å². The van der Waals surface area contributed by atoms with Crippen LogP contribution in [0.4, 0.5) is 0 Å². The van der Waals surface area contributed by atoms with Gasteiger partial charge in [0.25, 0.3) is 0 Å². The quantitative estimate of drug-likeness (QED) is 0.187. The van der Waals surface area contributed by atoms with Gasteiger partial charge in [-0.1, -0.05) is 121 Å². The van der Waals surface area contributed by atoms with Crippen LogP contribution in [0.5, 0.6) is 0 Å². The molecule has 0 aromatic heterocycles. The van der Waals surface area contributed by atoms with Crippen LogP contribution in [-0.4, -0.2) is 26.2 Å². The Morgan fingerprint density at radius 3 is 1.70 bits per heavy atom. The summed E-state index contributed by atoms with van der Waals surface area (Å²) in [6.45, 7) is 2.70. The molecular formula is C25H43NO3S. The molecule has 0 amide bonds. The van der Waals surface area contributed by atoms with Crippen molar-refractivity contribution < 1.29 is 13.2 Å². The fraction of sp³-hybridized carbons (Fsp3) is 0.760. The van der Waals surface area contributed by atoms with Crippen LogP contribution in [0.25, 0.3) is 0 Å². The zero-order valence-electron chi connectivity index (χ0n) is 19.0. The number of nitrogens with one attached hydrogen (secondary N) is 1. The molecule has 172 valence electrons. The van der Waals surface area contributed by atoms with E-state index in [0.717, 1.165) is 19.3 Å². The van der Waals surface area contributed by atoms with Gasteiger partial charge >= 0.3 is 0 Å². The lowest BCUT2D eigenvalue weighted by molar-refractivity contribution is 0.528. The Balaban J connectivity index is 1.90. The van der Waals surface area contributed by atoms with Gasteiger partial charge in [-0.05, 0) is 12.5 Å². The molecule has 0 aliphatic heterocycles. The maximum Gasteiger partial charge on any atom is 0.223 e. The number of carbonyl (C=O) groups excluding carboxylic acids is 1. The first kappa shape index (κ1) is 26.9. The van der Waals surface area contributed by atoms with E-state index in [1.807, 2.05) is 0 Å². The highest BCUT2D eigenvalue weighted by molar-refractivity contribution is 7.90. The number of hydrogen-bond donors (Lipinski definition) is 1. The maximum atomic E-state index is 12.3. The Hall–Kier alpha value is -1.16. The Labute approximate surface area is 185 Å². The molecule has 0 aromatic rings. The molecular weight excluding hydrogens is 394 g/mol. The minimum atomic E-state index is -3.55. The summed E-state index contributed by atoms with van der Waals surface area (Å²) in [4.78, 5) is 10.9. The molecule has 0 heterocycles. The lowest BCUT2D eigenvalue weighted by Gasteiger charge is -2.15. The molecule has 0 aromatic carbocycles. The van der Waals surface area contributed by atoms with E-state index in [0.29, 0.717) is 6.54 Å². The lowest BCUT2D eigenvalue weighted by Crippen LogP contribution is -2.35. The number of hydrogen-bond acceptors (Lipinski definition) is 3. The van der Waals surface area contributed by atoms with Gasteiger partial charge in [-0.2, -0.15) is 0 Å². The van der Waals surface area contributed by atoms with Crippen LogP contribution in [0, 0.1) is 0 Å². The summed E-state index contributed by atoms with van der Waals surface area (Å²) in [5.74, 6) is 1.73. The molecule has 4 nitrogen and oxygen atoms in total. The third kappa shape index (κ3) is 12.5. The molecule has 30 heavy (non-hydrogen) atoms. The molecule has 1 N–H and O–H groups in total. The molecule has 0 bridgehead atoms. The highest BCUT2D eigenvalue weighted by Crippen LogP contribution is 2.17. The summed E-state index contributed by atoms with van der Waals surface area (Å²) < 4.78 is 27.3. The minimum absolute atomic E-state index is 0.164. The summed E-state index contributed by atoms with van der Waals surface area (Å²) in [6, 6.07) is 0. The van der Waals surface area contributed by atoms with Crippen molar-refractivity contribution in [1.82, 2.24) is 4.72 Å². The monoisotopic (exact) mass is 437 g/mol. The van der Waals surface area contributed by atoms with E-state index < -0.39 is 15.3 Å². The van der Waals surface area contributed by atoms with Crippen molar-refractivity contribution >= 4 is 16.0 Å². The van der Waals surface area contributed by atoms with Crippen molar-refractivity contribution in [3.8, 4) is 0 Å². The summed E-state index contributed by atoms with van der Waals surface area (Å²) in [5, 5.41) is -0.916. The van der Waals surface area contributed by atoms with Crippen LogP contribution in [0.3, 0.4) is 0 Å². The van der Waals surface area contributed by atoms with Gasteiger partial charge in [-0.15, -0.1) is 0 Å². The standard InChI is InChI=1S/C25H43NO3S/c1-2-3-4-5-6-7-8-9-10-11-12-13-14-15-16-19-22-26-30(28,29)25-21-18-17-20-24(25)23-27/h17-18,20-21,25-26H,2-16,19,22H2,1H3. The van der Waals surface area contributed by atoms with E-state index >= 15 is 0 Å². The largest absolute Gasteiger partial charge is 0.233 e. The molecule has 1 aliphatic rings.